The Bertz CT molecular complexity index is 1130. The molecule has 2 aromatic heterocycles. The summed E-state index contributed by atoms with van der Waals surface area (Å²) in [6.45, 7) is 3.73. The molecule has 1 amide bonds. The molecule has 27 heavy (non-hydrogen) atoms. The van der Waals surface area contributed by atoms with Gasteiger partial charge in [-0.05, 0) is 54.3 Å². The van der Waals surface area contributed by atoms with Crippen molar-refractivity contribution >= 4 is 38.2 Å². The van der Waals surface area contributed by atoms with Gasteiger partial charge in [-0.25, -0.2) is 0 Å². The van der Waals surface area contributed by atoms with Crippen LogP contribution in [0.3, 0.4) is 0 Å². The van der Waals surface area contributed by atoms with Crippen LogP contribution in [0.1, 0.15) is 39.6 Å². The molecule has 0 unspecified atom stereocenters. The zero-order chi connectivity index (χ0) is 18.4. The number of hydrogen-bond donors (Lipinski definition) is 1. The van der Waals surface area contributed by atoms with Gasteiger partial charge in [0.15, 0.2) is 0 Å². The predicted octanol–water partition coefficient (Wildman–Crippen LogP) is 5.71. The standard InChI is InChI=1S/C23H22N2OS/c1-15-17-6-3-5-9-21(17)27-22(15)23(26)25-12-10-16(11-13-25)19-14-24-20-8-4-2-7-18(19)20/h2-9,14,16,24H,10-13H2,1H3. The van der Waals surface area contributed by atoms with Crippen molar-refractivity contribution in [3.63, 3.8) is 0 Å². The van der Waals surface area contributed by atoms with Crippen molar-refractivity contribution in [1.82, 2.24) is 9.88 Å². The Kier molecular flexibility index (Phi) is 4.01. The molecule has 3 heterocycles. The molecular weight excluding hydrogens is 352 g/mol. The summed E-state index contributed by atoms with van der Waals surface area (Å²) < 4.78 is 1.20. The number of aromatic amines is 1. The van der Waals surface area contributed by atoms with Crippen molar-refractivity contribution in [2.45, 2.75) is 25.7 Å². The van der Waals surface area contributed by atoms with Gasteiger partial charge in [0.2, 0.25) is 0 Å². The molecular formula is C23H22N2OS. The summed E-state index contributed by atoms with van der Waals surface area (Å²) in [5.74, 6) is 0.722. The highest BCUT2D eigenvalue weighted by molar-refractivity contribution is 7.21. The summed E-state index contributed by atoms with van der Waals surface area (Å²) in [6, 6.07) is 16.8. The summed E-state index contributed by atoms with van der Waals surface area (Å²) in [6.07, 6.45) is 4.21. The molecule has 0 radical (unpaired) electrons. The lowest BCUT2D eigenvalue weighted by molar-refractivity contribution is 0.0717. The number of benzene rings is 2. The molecule has 1 aliphatic rings. The molecule has 1 saturated heterocycles. The van der Waals surface area contributed by atoms with Crippen LogP contribution in [-0.4, -0.2) is 28.9 Å². The Morgan fingerprint density at radius 1 is 1.04 bits per heavy atom. The quantitative estimate of drug-likeness (QED) is 0.479. The Balaban J connectivity index is 1.35. The Hall–Kier alpha value is -2.59. The first-order valence-electron chi connectivity index (χ1n) is 9.56. The van der Waals surface area contributed by atoms with Crippen molar-refractivity contribution in [3.8, 4) is 0 Å². The van der Waals surface area contributed by atoms with Gasteiger partial charge in [0.25, 0.3) is 5.91 Å². The van der Waals surface area contributed by atoms with Gasteiger partial charge in [-0.2, -0.15) is 0 Å². The molecule has 0 saturated carbocycles. The fourth-order valence-corrected chi connectivity index (χ4v) is 5.52. The van der Waals surface area contributed by atoms with Crippen molar-refractivity contribution in [3.05, 3.63) is 70.7 Å². The van der Waals surface area contributed by atoms with E-state index in [9.17, 15) is 4.79 Å². The molecule has 4 heteroatoms. The normalized spacial score (nSPS) is 15.7. The first-order valence-corrected chi connectivity index (χ1v) is 10.4. The maximum atomic E-state index is 13.1. The summed E-state index contributed by atoms with van der Waals surface area (Å²) in [5, 5.41) is 2.53. The van der Waals surface area contributed by atoms with Gasteiger partial charge < -0.3 is 9.88 Å². The average Bonchev–Trinajstić information content (AvgIpc) is 3.29. The van der Waals surface area contributed by atoms with Crippen molar-refractivity contribution < 1.29 is 4.79 Å². The van der Waals surface area contributed by atoms with E-state index >= 15 is 0 Å². The number of piperidine rings is 1. The van der Waals surface area contributed by atoms with Crippen LogP contribution in [0.25, 0.3) is 21.0 Å². The van der Waals surface area contributed by atoms with Crippen molar-refractivity contribution in [2.75, 3.05) is 13.1 Å². The van der Waals surface area contributed by atoms with Crippen LogP contribution < -0.4 is 0 Å². The van der Waals surface area contributed by atoms with Gasteiger partial charge in [0, 0.05) is 34.9 Å². The minimum atomic E-state index is 0.200. The second kappa shape index (κ2) is 6.54. The lowest BCUT2D eigenvalue weighted by Crippen LogP contribution is -2.37. The third-order valence-corrected chi connectivity index (χ3v) is 7.14. The van der Waals surface area contributed by atoms with Crippen LogP contribution in [0.4, 0.5) is 0 Å². The van der Waals surface area contributed by atoms with Gasteiger partial charge in [-0.3, -0.25) is 4.79 Å². The van der Waals surface area contributed by atoms with E-state index in [2.05, 4.69) is 54.5 Å². The summed E-state index contributed by atoms with van der Waals surface area (Å²) in [7, 11) is 0. The van der Waals surface area contributed by atoms with E-state index in [0.29, 0.717) is 5.92 Å². The molecule has 0 aliphatic carbocycles. The van der Waals surface area contributed by atoms with Crippen LogP contribution in [-0.2, 0) is 0 Å². The molecule has 1 N–H and O–H groups in total. The topological polar surface area (TPSA) is 36.1 Å². The number of aryl methyl sites for hydroxylation is 1. The molecule has 3 nitrogen and oxygen atoms in total. The fraction of sp³-hybridized carbons (Fsp3) is 0.261. The predicted molar refractivity (Wildman–Crippen MR) is 113 cm³/mol. The number of carbonyl (C=O) groups is 1. The lowest BCUT2D eigenvalue weighted by atomic mass is 9.89. The van der Waals surface area contributed by atoms with E-state index in [4.69, 9.17) is 0 Å². The number of nitrogens with one attached hydrogen (secondary N) is 1. The second-order valence-corrected chi connectivity index (χ2v) is 8.46. The van der Waals surface area contributed by atoms with Crippen LogP contribution in [0.5, 0.6) is 0 Å². The minimum absolute atomic E-state index is 0.200. The van der Waals surface area contributed by atoms with Gasteiger partial charge in [0.05, 0.1) is 4.88 Å². The lowest BCUT2D eigenvalue weighted by Gasteiger charge is -2.32. The fourth-order valence-electron chi connectivity index (χ4n) is 4.35. The number of nitrogens with zero attached hydrogens (tertiary/aromatic N) is 1. The number of fused-ring (bicyclic) bond motifs is 2. The van der Waals surface area contributed by atoms with Crippen molar-refractivity contribution in [1.29, 1.82) is 0 Å². The highest BCUT2D eigenvalue weighted by atomic mass is 32.1. The van der Waals surface area contributed by atoms with Crippen LogP contribution in [0.2, 0.25) is 0 Å². The highest BCUT2D eigenvalue weighted by Gasteiger charge is 2.27. The zero-order valence-electron chi connectivity index (χ0n) is 15.4. The third kappa shape index (κ3) is 2.76. The van der Waals surface area contributed by atoms with Crippen LogP contribution in [0.15, 0.2) is 54.7 Å². The Morgan fingerprint density at radius 3 is 2.52 bits per heavy atom. The summed E-state index contributed by atoms with van der Waals surface area (Å²) >= 11 is 1.63. The first-order chi connectivity index (χ1) is 13.2. The molecule has 5 rings (SSSR count). The summed E-state index contributed by atoms with van der Waals surface area (Å²) in [5.41, 5.74) is 3.72. The summed E-state index contributed by atoms with van der Waals surface area (Å²) in [4.78, 5) is 19.5. The molecule has 0 spiro atoms. The number of likely N-dealkylation sites (tertiary alicyclic amines) is 1. The van der Waals surface area contributed by atoms with E-state index in [1.54, 1.807) is 11.3 Å². The number of hydrogen-bond acceptors (Lipinski definition) is 2. The number of carbonyl (C=O) groups excluding carboxylic acids is 1. The molecule has 0 bridgehead atoms. The maximum Gasteiger partial charge on any atom is 0.264 e. The molecule has 1 aliphatic heterocycles. The SMILES string of the molecule is Cc1c(C(=O)N2CCC(c3c[nH]c4ccccc34)CC2)sc2ccccc12. The maximum absolute atomic E-state index is 13.1. The van der Waals surface area contributed by atoms with Gasteiger partial charge in [-0.15, -0.1) is 11.3 Å². The molecule has 0 atom stereocenters. The molecule has 136 valence electrons. The molecule has 1 fully saturated rings. The Morgan fingerprint density at radius 2 is 1.74 bits per heavy atom. The zero-order valence-corrected chi connectivity index (χ0v) is 16.2. The number of para-hydroxylation sites is 1. The minimum Gasteiger partial charge on any atom is -0.361 e. The first kappa shape index (κ1) is 16.6. The van der Waals surface area contributed by atoms with Crippen LogP contribution in [0, 0.1) is 6.92 Å². The van der Waals surface area contributed by atoms with E-state index in [0.717, 1.165) is 36.4 Å². The van der Waals surface area contributed by atoms with Gasteiger partial charge in [-0.1, -0.05) is 36.4 Å². The second-order valence-electron chi connectivity index (χ2n) is 7.41. The van der Waals surface area contributed by atoms with Gasteiger partial charge >= 0.3 is 0 Å². The average molecular weight is 375 g/mol. The Labute approximate surface area is 162 Å². The highest BCUT2D eigenvalue weighted by Crippen LogP contribution is 2.35. The number of amides is 1. The molecule has 2 aromatic carbocycles. The number of aromatic nitrogens is 1. The van der Waals surface area contributed by atoms with Crippen molar-refractivity contribution in [2.24, 2.45) is 0 Å². The van der Waals surface area contributed by atoms with E-state index in [1.807, 2.05) is 17.0 Å². The number of thiophene rings is 1. The molecule has 4 aromatic rings. The number of rotatable bonds is 2. The van der Waals surface area contributed by atoms with E-state index < -0.39 is 0 Å². The van der Waals surface area contributed by atoms with E-state index in [1.165, 1.54) is 26.6 Å². The van der Waals surface area contributed by atoms with E-state index in [-0.39, 0.29) is 5.91 Å². The monoisotopic (exact) mass is 374 g/mol. The van der Waals surface area contributed by atoms with Gasteiger partial charge in [0.1, 0.15) is 0 Å². The third-order valence-electron chi connectivity index (χ3n) is 5.88. The largest absolute Gasteiger partial charge is 0.361 e. The smallest absolute Gasteiger partial charge is 0.264 e. The van der Waals surface area contributed by atoms with Crippen LogP contribution >= 0.6 is 11.3 Å². The number of H-pyrrole nitrogens is 1.